The van der Waals surface area contributed by atoms with E-state index in [1.807, 2.05) is 12.3 Å². The number of hydrogen-bond donors (Lipinski definition) is 0. The summed E-state index contributed by atoms with van der Waals surface area (Å²) < 4.78 is 5.89. The molecule has 0 saturated carbocycles. The van der Waals surface area contributed by atoms with E-state index in [1.54, 1.807) is 17.4 Å². The number of nitriles is 1. The number of hydrogen-bond acceptors (Lipinski definition) is 5. The zero-order chi connectivity index (χ0) is 19.9. The molecule has 0 radical (unpaired) electrons. The molecule has 0 saturated heterocycles. The molecule has 28 heavy (non-hydrogen) atoms. The molecule has 0 spiro atoms. The largest absolute Gasteiger partial charge is 0.489 e. The molecule has 0 aliphatic heterocycles. The van der Waals surface area contributed by atoms with Gasteiger partial charge in [0.05, 0.1) is 5.56 Å². The van der Waals surface area contributed by atoms with Crippen molar-refractivity contribution in [3.63, 3.8) is 0 Å². The van der Waals surface area contributed by atoms with Crippen LogP contribution >= 0.6 is 11.3 Å². The molecule has 0 unspecified atom stereocenters. The Labute approximate surface area is 171 Å². The van der Waals surface area contributed by atoms with E-state index in [0.717, 1.165) is 59.9 Å². The number of aliphatic imine (C=N–C) groups is 1. The van der Waals surface area contributed by atoms with Crippen LogP contribution in [0.25, 0.3) is 0 Å². The van der Waals surface area contributed by atoms with Gasteiger partial charge in [-0.2, -0.15) is 5.26 Å². The molecule has 1 aromatic carbocycles. The normalized spacial score (nSPS) is 13.2. The zero-order valence-electron chi connectivity index (χ0n) is 16.7. The third-order valence-corrected chi connectivity index (χ3v) is 6.27. The average Bonchev–Trinajstić information content (AvgIpc) is 3.09. The number of fused-ring (bicyclic) bond motifs is 1. The van der Waals surface area contributed by atoms with Gasteiger partial charge in [0.15, 0.2) is 0 Å². The minimum absolute atomic E-state index is 0.444. The fourth-order valence-electron chi connectivity index (χ4n) is 3.57. The van der Waals surface area contributed by atoms with Gasteiger partial charge in [-0.05, 0) is 57.2 Å². The van der Waals surface area contributed by atoms with Crippen molar-refractivity contribution in [2.45, 2.75) is 39.5 Å². The summed E-state index contributed by atoms with van der Waals surface area (Å²) >= 11 is 1.66. The summed E-state index contributed by atoms with van der Waals surface area (Å²) in [5, 5.41) is 10.4. The molecule has 1 aromatic heterocycles. The highest BCUT2D eigenvalue weighted by molar-refractivity contribution is 7.16. The molecular weight excluding hydrogens is 366 g/mol. The Morgan fingerprint density at radius 3 is 2.79 bits per heavy atom. The first kappa shape index (κ1) is 20.2. The van der Waals surface area contributed by atoms with Gasteiger partial charge in [-0.1, -0.05) is 12.7 Å². The smallest absolute Gasteiger partial charge is 0.134 e. The van der Waals surface area contributed by atoms with Crippen LogP contribution in [-0.2, 0) is 12.8 Å². The predicted octanol–water partition coefficient (Wildman–Crippen LogP) is 5.66. The molecule has 4 nitrogen and oxygen atoms in total. The Balaban J connectivity index is 1.94. The number of ether oxygens (including phenoxy) is 1. The summed E-state index contributed by atoms with van der Waals surface area (Å²) in [5.74, 6) is 0.785. The Kier molecular flexibility index (Phi) is 6.89. The van der Waals surface area contributed by atoms with Gasteiger partial charge in [-0.3, -0.25) is 0 Å². The Hall–Kier alpha value is -2.58. The molecule has 0 bridgehead atoms. The van der Waals surface area contributed by atoms with Gasteiger partial charge in [-0.15, -0.1) is 11.3 Å². The Bertz CT molecular complexity index is 903. The lowest BCUT2D eigenvalue weighted by molar-refractivity contribution is 0.363. The van der Waals surface area contributed by atoms with Gasteiger partial charge >= 0.3 is 0 Å². The van der Waals surface area contributed by atoms with Gasteiger partial charge < -0.3 is 9.64 Å². The maximum Gasteiger partial charge on any atom is 0.134 e. The average molecular weight is 394 g/mol. The molecule has 1 aliphatic rings. The lowest BCUT2D eigenvalue weighted by Crippen LogP contribution is -2.21. The quantitative estimate of drug-likeness (QED) is 0.429. The summed E-state index contributed by atoms with van der Waals surface area (Å²) in [4.78, 5) is 8.30. The molecule has 0 N–H and O–H groups in total. The number of thiophene rings is 1. The molecule has 1 heterocycles. The van der Waals surface area contributed by atoms with Gasteiger partial charge in [0, 0.05) is 41.5 Å². The highest BCUT2D eigenvalue weighted by Gasteiger charge is 2.20. The summed E-state index contributed by atoms with van der Waals surface area (Å²) in [5.41, 5.74) is 4.01. The highest BCUT2D eigenvalue weighted by Crippen LogP contribution is 2.39. The van der Waals surface area contributed by atoms with Crippen molar-refractivity contribution < 1.29 is 4.74 Å². The van der Waals surface area contributed by atoms with E-state index in [4.69, 9.17) is 4.74 Å². The van der Waals surface area contributed by atoms with Gasteiger partial charge in [0.1, 0.15) is 23.4 Å². The van der Waals surface area contributed by atoms with Crippen LogP contribution < -0.4 is 9.64 Å². The van der Waals surface area contributed by atoms with E-state index in [0.29, 0.717) is 6.61 Å². The number of anilines is 1. The predicted molar refractivity (Wildman–Crippen MR) is 119 cm³/mol. The van der Waals surface area contributed by atoms with Crippen LogP contribution in [0.3, 0.4) is 0 Å². The summed E-state index contributed by atoms with van der Waals surface area (Å²) in [6, 6.07) is 8.57. The minimum Gasteiger partial charge on any atom is -0.489 e. The lowest BCUT2D eigenvalue weighted by atomic mass is 9.96. The van der Waals surface area contributed by atoms with E-state index >= 15 is 0 Å². The van der Waals surface area contributed by atoms with Crippen molar-refractivity contribution in [1.82, 2.24) is 0 Å². The van der Waals surface area contributed by atoms with E-state index in [9.17, 15) is 5.26 Å². The number of aryl methyl sites for hydroxylation is 1. The van der Waals surface area contributed by atoms with Crippen LogP contribution in [0.5, 0.6) is 5.75 Å². The van der Waals surface area contributed by atoms with Crippen molar-refractivity contribution >= 4 is 28.2 Å². The van der Waals surface area contributed by atoms with E-state index in [1.165, 1.54) is 16.9 Å². The van der Waals surface area contributed by atoms with Gasteiger partial charge in [0.25, 0.3) is 0 Å². The van der Waals surface area contributed by atoms with Crippen molar-refractivity contribution in [1.29, 1.82) is 5.26 Å². The summed E-state index contributed by atoms with van der Waals surface area (Å²) in [6.07, 6.45) is 7.99. The van der Waals surface area contributed by atoms with Crippen molar-refractivity contribution in [2.75, 3.05) is 24.6 Å². The van der Waals surface area contributed by atoms with Gasteiger partial charge in [0.2, 0.25) is 0 Å². The van der Waals surface area contributed by atoms with Crippen LogP contribution in [0.15, 0.2) is 35.8 Å². The molecule has 0 amide bonds. The molecule has 0 atom stereocenters. The van der Waals surface area contributed by atoms with Crippen molar-refractivity contribution in [3.05, 3.63) is 52.4 Å². The number of rotatable bonds is 8. The van der Waals surface area contributed by atoms with E-state index in [2.05, 4.69) is 48.5 Å². The second kappa shape index (κ2) is 9.57. The Morgan fingerprint density at radius 2 is 2.07 bits per heavy atom. The van der Waals surface area contributed by atoms with Crippen LogP contribution in [0.4, 0.5) is 10.7 Å². The van der Waals surface area contributed by atoms with E-state index in [-0.39, 0.29) is 0 Å². The SMILES string of the molecule is C=CCOc1cc(N(CC)CC)ccc1/C=N/c1sc2c(c1C#N)CCCC2. The third-order valence-electron chi connectivity index (χ3n) is 5.07. The van der Waals surface area contributed by atoms with Crippen molar-refractivity contribution in [2.24, 2.45) is 4.99 Å². The summed E-state index contributed by atoms with van der Waals surface area (Å²) in [6.45, 7) is 10.4. The fourth-order valence-corrected chi connectivity index (χ4v) is 4.76. The van der Waals surface area contributed by atoms with Crippen molar-refractivity contribution in [3.8, 4) is 11.8 Å². The van der Waals surface area contributed by atoms with Crippen LogP contribution in [-0.4, -0.2) is 25.9 Å². The van der Waals surface area contributed by atoms with Crippen LogP contribution in [0.2, 0.25) is 0 Å². The molecule has 3 rings (SSSR count). The topological polar surface area (TPSA) is 48.6 Å². The molecule has 0 fully saturated rings. The van der Waals surface area contributed by atoms with Crippen LogP contribution in [0, 0.1) is 11.3 Å². The molecule has 2 aromatic rings. The molecular formula is C23H27N3OS. The monoisotopic (exact) mass is 393 g/mol. The number of benzene rings is 1. The highest BCUT2D eigenvalue weighted by atomic mass is 32.1. The standard InChI is InChI=1S/C23H27N3OS/c1-4-13-27-21-14-18(26(5-2)6-3)12-11-17(21)16-25-23-20(15-24)19-9-7-8-10-22(19)28-23/h4,11-12,14,16H,1,5-10,13H2,2-3H3/b25-16+. The Morgan fingerprint density at radius 1 is 1.29 bits per heavy atom. The number of nitrogens with zero attached hydrogens (tertiary/aromatic N) is 3. The fraction of sp³-hybridized carbons (Fsp3) is 0.391. The first-order valence-corrected chi connectivity index (χ1v) is 10.7. The third kappa shape index (κ3) is 4.28. The molecule has 146 valence electrons. The van der Waals surface area contributed by atoms with E-state index < -0.39 is 0 Å². The van der Waals surface area contributed by atoms with Crippen LogP contribution in [0.1, 0.15) is 48.3 Å². The first-order chi connectivity index (χ1) is 13.7. The van der Waals surface area contributed by atoms with Gasteiger partial charge in [-0.25, -0.2) is 4.99 Å². The molecule has 1 aliphatic carbocycles. The lowest BCUT2D eigenvalue weighted by Gasteiger charge is -2.22. The summed E-state index contributed by atoms with van der Waals surface area (Å²) in [7, 11) is 0. The maximum absolute atomic E-state index is 9.62. The minimum atomic E-state index is 0.444. The maximum atomic E-state index is 9.62. The second-order valence-corrected chi connectivity index (χ2v) is 7.84. The molecule has 5 heteroatoms. The zero-order valence-corrected chi connectivity index (χ0v) is 17.5. The first-order valence-electron chi connectivity index (χ1n) is 9.93. The second-order valence-electron chi connectivity index (χ2n) is 6.76.